The summed E-state index contributed by atoms with van der Waals surface area (Å²) in [5.74, 6) is 0.602. The van der Waals surface area contributed by atoms with E-state index in [9.17, 15) is 9.59 Å². The molecule has 0 radical (unpaired) electrons. The lowest BCUT2D eigenvalue weighted by atomic mass is 10.2. The molecule has 0 amide bonds. The molecule has 128 valence electrons. The third-order valence-corrected chi connectivity index (χ3v) is 4.20. The zero-order valence-corrected chi connectivity index (χ0v) is 14.2. The normalized spacial score (nSPS) is 10.8. The molecule has 5 nitrogen and oxygen atoms in total. The van der Waals surface area contributed by atoms with Crippen LogP contribution in [-0.4, -0.2) is 9.55 Å². The Hall–Kier alpha value is -3.60. The largest absolute Gasteiger partial charge is 0.341 e. The van der Waals surface area contributed by atoms with Crippen molar-refractivity contribution >= 4 is 22.4 Å². The Kier molecular flexibility index (Phi) is 3.89. The summed E-state index contributed by atoms with van der Waals surface area (Å²) in [6.07, 6.45) is 0. The first-order valence-electron chi connectivity index (χ1n) is 8.31. The number of hydrogen-bond donors (Lipinski definition) is 2. The molecule has 26 heavy (non-hydrogen) atoms. The monoisotopic (exact) mass is 343 g/mol. The van der Waals surface area contributed by atoms with Gasteiger partial charge in [0.25, 0.3) is 5.56 Å². The standard InChI is InChI=1S/C21H17N3O2/c1-14-12-17-20(21(26)22-14)18(25)13-19(23-15-8-4-2-5-9-15)24(17)16-10-6-3-7-11-16/h2-13,23H,1H3,(H,22,26). The molecule has 0 aliphatic carbocycles. The lowest BCUT2D eigenvalue weighted by Crippen LogP contribution is -2.21. The molecule has 2 heterocycles. The topological polar surface area (TPSA) is 66.9 Å². The number of anilines is 2. The van der Waals surface area contributed by atoms with E-state index in [-0.39, 0.29) is 16.4 Å². The molecule has 2 N–H and O–H groups in total. The Bertz CT molecular complexity index is 1190. The first kappa shape index (κ1) is 15.9. The van der Waals surface area contributed by atoms with Gasteiger partial charge in [0.2, 0.25) is 0 Å². The van der Waals surface area contributed by atoms with Gasteiger partial charge in [0, 0.05) is 23.1 Å². The highest BCUT2D eigenvalue weighted by Crippen LogP contribution is 2.24. The van der Waals surface area contributed by atoms with Crippen molar-refractivity contribution in [2.45, 2.75) is 6.92 Å². The van der Waals surface area contributed by atoms with Crippen molar-refractivity contribution in [3.63, 3.8) is 0 Å². The van der Waals surface area contributed by atoms with Crippen LogP contribution in [0.15, 0.2) is 82.4 Å². The summed E-state index contributed by atoms with van der Waals surface area (Å²) in [7, 11) is 0. The summed E-state index contributed by atoms with van der Waals surface area (Å²) in [6.45, 7) is 1.80. The average Bonchev–Trinajstić information content (AvgIpc) is 2.62. The molecule has 0 atom stereocenters. The molecule has 0 bridgehead atoms. The highest BCUT2D eigenvalue weighted by atomic mass is 16.1. The molecule has 2 aromatic heterocycles. The number of rotatable bonds is 3. The molecule has 0 fully saturated rings. The van der Waals surface area contributed by atoms with Gasteiger partial charge >= 0.3 is 0 Å². The van der Waals surface area contributed by atoms with Crippen LogP contribution in [0.2, 0.25) is 0 Å². The van der Waals surface area contributed by atoms with Gasteiger partial charge in [0.1, 0.15) is 11.2 Å². The molecule has 0 aliphatic rings. The fourth-order valence-corrected chi connectivity index (χ4v) is 3.09. The molecule has 4 rings (SSSR count). The maximum absolute atomic E-state index is 12.6. The van der Waals surface area contributed by atoms with Crippen LogP contribution in [-0.2, 0) is 0 Å². The molecular formula is C21H17N3O2. The summed E-state index contributed by atoms with van der Waals surface area (Å²) < 4.78 is 1.89. The second-order valence-electron chi connectivity index (χ2n) is 6.10. The maximum Gasteiger partial charge on any atom is 0.261 e. The van der Waals surface area contributed by atoms with Crippen LogP contribution in [0.1, 0.15) is 5.69 Å². The number of fused-ring (bicyclic) bond motifs is 1. The van der Waals surface area contributed by atoms with E-state index in [0.29, 0.717) is 17.0 Å². The Morgan fingerprint density at radius 1 is 0.885 bits per heavy atom. The minimum Gasteiger partial charge on any atom is -0.341 e. The van der Waals surface area contributed by atoms with Crippen molar-refractivity contribution in [3.05, 3.63) is 99.1 Å². The van der Waals surface area contributed by atoms with Crippen molar-refractivity contribution in [2.24, 2.45) is 0 Å². The highest BCUT2D eigenvalue weighted by Gasteiger charge is 2.14. The zero-order chi connectivity index (χ0) is 18.1. The molecule has 0 spiro atoms. The predicted molar refractivity (Wildman–Crippen MR) is 105 cm³/mol. The Morgan fingerprint density at radius 2 is 1.54 bits per heavy atom. The van der Waals surface area contributed by atoms with Crippen LogP contribution in [0.25, 0.3) is 16.6 Å². The van der Waals surface area contributed by atoms with E-state index in [1.54, 1.807) is 6.92 Å². The molecule has 0 saturated carbocycles. The average molecular weight is 343 g/mol. The Balaban J connectivity index is 2.08. The van der Waals surface area contributed by atoms with Gasteiger partial charge in [0.05, 0.1) is 5.52 Å². The van der Waals surface area contributed by atoms with E-state index in [0.717, 1.165) is 11.4 Å². The SMILES string of the molecule is Cc1cc2c(c(=O)cc(Nc3ccccc3)n2-c2ccccc2)c(=O)[nH]1. The number of hydrogen-bond acceptors (Lipinski definition) is 3. The summed E-state index contributed by atoms with van der Waals surface area (Å²) in [5, 5.41) is 3.44. The number of para-hydroxylation sites is 2. The van der Waals surface area contributed by atoms with Gasteiger partial charge < -0.3 is 10.3 Å². The van der Waals surface area contributed by atoms with Crippen molar-refractivity contribution < 1.29 is 0 Å². The van der Waals surface area contributed by atoms with Crippen molar-refractivity contribution in [1.29, 1.82) is 0 Å². The summed E-state index contributed by atoms with van der Waals surface area (Å²) in [5.41, 5.74) is 2.30. The van der Waals surface area contributed by atoms with Crippen molar-refractivity contribution in [3.8, 4) is 5.69 Å². The van der Waals surface area contributed by atoms with E-state index >= 15 is 0 Å². The number of nitrogens with zero attached hydrogens (tertiary/aromatic N) is 1. The first-order valence-corrected chi connectivity index (χ1v) is 8.31. The quantitative estimate of drug-likeness (QED) is 0.596. The number of aromatic nitrogens is 2. The number of H-pyrrole nitrogens is 1. The fourth-order valence-electron chi connectivity index (χ4n) is 3.09. The van der Waals surface area contributed by atoms with E-state index in [1.807, 2.05) is 71.3 Å². The lowest BCUT2D eigenvalue weighted by molar-refractivity contribution is 1.08. The minimum atomic E-state index is -0.374. The van der Waals surface area contributed by atoms with Gasteiger partial charge in [-0.3, -0.25) is 14.2 Å². The smallest absolute Gasteiger partial charge is 0.261 e. The molecule has 5 heteroatoms. The number of pyridine rings is 2. The predicted octanol–water partition coefficient (Wildman–Crippen LogP) is 3.73. The summed E-state index contributed by atoms with van der Waals surface area (Å²) in [6, 6.07) is 22.6. The van der Waals surface area contributed by atoms with Crippen LogP contribution in [0.5, 0.6) is 0 Å². The van der Waals surface area contributed by atoms with Crippen LogP contribution >= 0.6 is 0 Å². The Morgan fingerprint density at radius 3 is 2.23 bits per heavy atom. The van der Waals surface area contributed by atoms with E-state index in [2.05, 4.69) is 10.3 Å². The van der Waals surface area contributed by atoms with Gasteiger partial charge in [0.15, 0.2) is 5.43 Å². The molecule has 0 aliphatic heterocycles. The number of aryl methyl sites for hydroxylation is 1. The number of aromatic amines is 1. The van der Waals surface area contributed by atoms with Gasteiger partial charge in [-0.1, -0.05) is 36.4 Å². The molecule has 2 aromatic carbocycles. The van der Waals surface area contributed by atoms with Gasteiger partial charge in [-0.05, 0) is 37.3 Å². The lowest BCUT2D eigenvalue weighted by Gasteiger charge is -2.18. The second-order valence-corrected chi connectivity index (χ2v) is 6.10. The highest BCUT2D eigenvalue weighted by molar-refractivity contribution is 5.83. The van der Waals surface area contributed by atoms with E-state index in [1.165, 1.54) is 6.07 Å². The van der Waals surface area contributed by atoms with Crippen molar-refractivity contribution in [2.75, 3.05) is 5.32 Å². The Labute approximate surface area is 149 Å². The summed E-state index contributed by atoms with van der Waals surface area (Å²) >= 11 is 0. The molecule has 4 aromatic rings. The fraction of sp³-hybridized carbons (Fsp3) is 0.0476. The molecule has 0 saturated heterocycles. The zero-order valence-electron chi connectivity index (χ0n) is 14.2. The van der Waals surface area contributed by atoms with Gasteiger partial charge in [-0.2, -0.15) is 0 Å². The molecular weight excluding hydrogens is 326 g/mol. The van der Waals surface area contributed by atoms with E-state index < -0.39 is 0 Å². The summed E-state index contributed by atoms with van der Waals surface area (Å²) in [4.78, 5) is 27.7. The number of benzene rings is 2. The third kappa shape index (κ3) is 2.80. The van der Waals surface area contributed by atoms with Crippen LogP contribution in [0.3, 0.4) is 0 Å². The third-order valence-electron chi connectivity index (χ3n) is 4.20. The minimum absolute atomic E-state index is 0.151. The van der Waals surface area contributed by atoms with Gasteiger partial charge in [-0.15, -0.1) is 0 Å². The van der Waals surface area contributed by atoms with E-state index in [4.69, 9.17) is 0 Å². The van der Waals surface area contributed by atoms with Crippen LogP contribution in [0, 0.1) is 6.92 Å². The van der Waals surface area contributed by atoms with Crippen LogP contribution in [0.4, 0.5) is 11.5 Å². The first-order chi connectivity index (χ1) is 12.6. The van der Waals surface area contributed by atoms with Crippen molar-refractivity contribution in [1.82, 2.24) is 9.55 Å². The second kappa shape index (κ2) is 6.37. The number of nitrogens with one attached hydrogen (secondary N) is 2. The van der Waals surface area contributed by atoms with Gasteiger partial charge in [-0.25, -0.2) is 0 Å². The molecule has 0 unspecified atom stereocenters. The van der Waals surface area contributed by atoms with Crippen LogP contribution < -0.4 is 16.3 Å². The maximum atomic E-state index is 12.6.